The molecule has 28 heavy (non-hydrogen) atoms. The molecule has 1 amide bonds. The fraction of sp³-hybridized carbons (Fsp3) is 0.450. The minimum Gasteiger partial charge on any atom is -0.494 e. The zero-order valence-corrected chi connectivity index (χ0v) is 15.7. The van der Waals surface area contributed by atoms with E-state index in [4.69, 9.17) is 13.9 Å². The lowest BCUT2D eigenvalue weighted by molar-refractivity contribution is -0.141. The van der Waals surface area contributed by atoms with Crippen molar-refractivity contribution in [1.29, 1.82) is 0 Å². The number of carboxylic acid groups (broad SMARTS) is 1. The van der Waals surface area contributed by atoms with Crippen LogP contribution in [0.15, 0.2) is 35.1 Å². The Balaban J connectivity index is 1.60. The van der Waals surface area contributed by atoms with Crippen LogP contribution in [-0.2, 0) is 16.0 Å². The molecule has 1 aromatic heterocycles. The van der Waals surface area contributed by atoms with E-state index >= 15 is 0 Å². The molecule has 3 rings (SSSR count). The monoisotopic (exact) mass is 388 g/mol. The molecule has 1 aliphatic heterocycles. The number of aliphatic carboxylic acids is 1. The number of oxazole rings is 1. The van der Waals surface area contributed by atoms with Crippen LogP contribution in [0.4, 0.5) is 0 Å². The molecule has 0 spiro atoms. The molecule has 2 aromatic rings. The highest BCUT2D eigenvalue weighted by Gasteiger charge is 2.28. The molecule has 1 fully saturated rings. The number of nitrogens with zero attached hydrogens (tertiary/aromatic N) is 1. The van der Waals surface area contributed by atoms with Crippen molar-refractivity contribution in [3.8, 4) is 5.75 Å². The predicted molar refractivity (Wildman–Crippen MR) is 99.2 cm³/mol. The maximum atomic E-state index is 12.5. The Labute approximate surface area is 162 Å². The second-order valence-corrected chi connectivity index (χ2v) is 6.59. The molecule has 2 N–H and O–H groups in total. The number of rotatable bonds is 9. The Hall–Kier alpha value is -2.87. The molecule has 1 saturated heterocycles. The van der Waals surface area contributed by atoms with Crippen LogP contribution in [0.3, 0.4) is 0 Å². The van der Waals surface area contributed by atoms with Crippen molar-refractivity contribution in [2.45, 2.75) is 32.3 Å². The van der Waals surface area contributed by atoms with Gasteiger partial charge in [0, 0.05) is 13.2 Å². The van der Waals surface area contributed by atoms with E-state index in [0.29, 0.717) is 25.4 Å². The van der Waals surface area contributed by atoms with E-state index in [2.05, 4.69) is 10.3 Å². The first-order valence-electron chi connectivity index (χ1n) is 9.36. The van der Waals surface area contributed by atoms with Crippen LogP contribution in [0, 0.1) is 5.92 Å². The van der Waals surface area contributed by atoms with Gasteiger partial charge >= 0.3 is 5.97 Å². The van der Waals surface area contributed by atoms with Gasteiger partial charge in [-0.2, -0.15) is 0 Å². The number of carbonyl (C=O) groups is 2. The van der Waals surface area contributed by atoms with Crippen LogP contribution < -0.4 is 10.1 Å². The summed E-state index contributed by atoms with van der Waals surface area (Å²) >= 11 is 0. The van der Waals surface area contributed by atoms with Crippen LogP contribution >= 0.6 is 0 Å². The fourth-order valence-electron chi connectivity index (χ4n) is 3.16. The summed E-state index contributed by atoms with van der Waals surface area (Å²) in [7, 11) is 0. The third-order valence-electron chi connectivity index (χ3n) is 4.61. The number of carbonyl (C=O) groups excluding carboxylic acids is 1. The zero-order chi connectivity index (χ0) is 19.9. The lowest BCUT2D eigenvalue weighted by Crippen LogP contribution is -2.34. The van der Waals surface area contributed by atoms with E-state index in [1.54, 1.807) is 12.1 Å². The van der Waals surface area contributed by atoms with Crippen LogP contribution in [0.1, 0.15) is 47.7 Å². The molecular weight excluding hydrogens is 364 g/mol. The Morgan fingerprint density at radius 3 is 2.79 bits per heavy atom. The third kappa shape index (κ3) is 4.89. The highest BCUT2D eigenvalue weighted by molar-refractivity contribution is 5.93. The minimum atomic E-state index is -0.978. The molecule has 2 atom stereocenters. The van der Waals surface area contributed by atoms with Gasteiger partial charge in [0.25, 0.3) is 5.91 Å². The quantitative estimate of drug-likeness (QED) is 0.679. The van der Waals surface area contributed by atoms with Crippen molar-refractivity contribution >= 4 is 11.9 Å². The smallest absolute Gasteiger partial charge is 0.308 e. The van der Waals surface area contributed by atoms with Gasteiger partial charge in [0.2, 0.25) is 0 Å². The molecule has 2 heterocycles. The van der Waals surface area contributed by atoms with Gasteiger partial charge in [-0.3, -0.25) is 9.59 Å². The number of carboxylic acids is 1. The van der Waals surface area contributed by atoms with Crippen molar-refractivity contribution in [3.05, 3.63) is 47.7 Å². The summed E-state index contributed by atoms with van der Waals surface area (Å²) in [4.78, 5) is 28.1. The Kier molecular flexibility index (Phi) is 6.65. The first-order valence-corrected chi connectivity index (χ1v) is 9.36. The zero-order valence-electron chi connectivity index (χ0n) is 15.7. The molecule has 8 heteroatoms. The van der Waals surface area contributed by atoms with Crippen molar-refractivity contribution in [3.63, 3.8) is 0 Å². The van der Waals surface area contributed by atoms with Gasteiger partial charge in [-0.1, -0.05) is 12.1 Å². The summed E-state index contributed by atoms with van der Waals surface area (Å²) in [5.41, 5.74) is 1.00. The van der Waals surface area contributed by atoms with Crippen molar-refractivity contribution in [2.75, 3.05) is 19.8 Å². The first-order chi connectivity index (χ1) is 13.6. The molecule has 8 nitrogen and oxygen atoms in total. The fourth-order valence-corrected chi connectivity index (χ4v) is 3.16. The SMILES string of the molecule is CCOc1ccc(C[C@@H](CNC(=O)c2ncoc2[C@@H]2CCCO2)C(=O)O)cc1. The lowest BCUT2D eigenvalue weighted by atomic mass is 9.99. The Morgan fingerprint density at radius 1 is 1.36 bits per heavy atom. The maximum absolute atomic E-state index is 12.5. The maximum Gasteiger partial charge on any atom is 0.308 e. The highest BCUT2D eigenvalue weighted by atomic mass is 16.5. The van der Waals surface area contributed by atoms with Gasteiger partial charge in [-0.25, -0.2) is 4.98 Å². The van der Waals surface area contributed by atoms with Gasteiger partial charge in [-0.05, 0) is 43.9 Å². The first kappa shape index (κ1) is 19.9. The second kappa shape index (κ2) is 9.36. The summed E-state index contributed by atoms with van der Waals surface area (Å²) in [5, 5.41) is 12.2. The molecule has 1 aromatic carbocycles. The summed E-state index contributed by atoms with van der Waals surface area (Å²) in [5.74, 6) is -1.07. The number of amides is 1. The average molecular weight is 388 g/mol. The lowest BCUT2D eigenvalue weighted by Gasteiger charge is -2.14. The number of aromatic nitrogens is 1. The van der Waals surface area contributed by atoms with Crippen molar-refractivity contribution in [2.24, 2.45) is 5.92 Å². The predicted octanol–water partition coefficient (Wildman–Crippen LogP) is 2.60. The van der Waals surface area contributed by atoms with Gasteiger partial charge in [-0.15, -0.1) is 0 Å². The van der Waals surface area contributed by atoms with Gasteiger partial charge in [0.15, 0.2) is 17.8 Å². The molecular formula is C20H24N2O6. The summed E-state index contributed by atoms with van der Waals surface area (Å²) in [6.45, 7) is 3.07. The average Bonchev–Trinajstić information content (AvgIpc) is 3.37. The van der Waals surface area contributed by atoms with E-state index in [1.165, 1.54) is 6.39 Å². The van der Waals surface area contributed by atoms with Crippen LogP contribution in [0.5, 0.6) is 5.75 Å². The molecule has 150 valence electrons. The topological polar surface area (TPSA) is 111 Å². The van der Waals surface area contributed by atoms with Crippen molar-refractivity contribution < 1.29 is 28.6 Å². The van der Waals surface area contributed by atoms with E-state index in [0.717, 1.165) is 24.2 Å². The molecule has 0 saturated carbocycles. The number of hydrogen-bond donors (Lipinski definition) is 2. The standard InChI is InChI=1S/C20H24N2O6/c1-2-26-15-7-5-13(6-8-15)10-14(20(24)25)11-21-19(23)17-18(28-12-22-17)16-4-3-9-27-16/h5-8,12,14,16H,2-4,9-11H2,1H3,(H,21,23)(H,24,25)/t14-,16-/m0/s1. The molecule has 0 unspecified atom stereocenters. The van der Waals surface area contributed by atoms with Crippen LogP contribution in [-0.4, -0.2) is 41.7 Å². The molecule has 1 aliphatic rings. The number of benzene rings is 1. The van der Waals surface area contributed by atoms with E-state index in [1.807, 2.05) is 19.1 Å². The van der Waals surface area contributed by atoms with Gasteiger partial charge < -0.3 is 24.3 Å². The van der Waals surface area contributed by atoms with Crippen LogP contribution in [0.2, 0.25) is 0 Å². The van der Waals surface area contributed by atoms with E-state index in [-0.39, 0.29) is 18.3 Å². The Bertz CT molecular complexity index is 795. The summed E-state index contributed by atoms with van der Waals surface area (Å²) in [6.07, 6.45) is 2.89. The largest absolute Gasteiger partial charge is 0.494 e. The molecule has 0 radical (unpaired) electrons. The molecule has 0 aliphatic carbocycles. The highest BCUT2D eigenvalue weighted by Crippen LogP contribution is 2.30. The molecule has 0 bridgehead atoms. The summed E-state index contributed by atoms with van der Waals surface area (Å²) < 4.78 is 16.3. The normalized spacial score (nSPS) is 17.2. The number of hydrogen-bond acceptors (Lipinski definition) is 6. The summed E-state index contributed by atoms with van der Waals surface area (Å²) in [6, 6.07) is 7.27. The van der Waals surface area contributed by atoms with E-state index < -0.39 is 17.8 Å². The second-order valence-electron chi connectivity index (χ2n) is 6.59. The van der Waals surface area contributed by atoms with Crippen molar-refractivity contribution in [1.82, 2.24) is 10.3 Å². The van der Waals surface area contributed by atoms with Gasteiger partial charge in [0.05, 0.1) is 12.5 Å². The number of ether oxygens (including phenoxy) is 2. The minimum absolute atomic E-state index is 0.0147. The van der Waals surface area contributed by atoms with E-state index in [9.17, 15) is 14.7 Å². The number of nitrogens with one attached hydrogen (secondary N) is 1. The van der Waals surface area contributed by atoms with Gasteiger partial charge in [0.1, 0.15) is 11.9 Å². The Morgan fingerprint density at radius 2 is 2.14 bits per heavy atom. The van der Waals surface area contributed by atoms with Crippen LogP contribution in [0.25, 0.3) is 0 Å². The third-order valence-corrected chi connectivity index (χ3v) is 4.61.